The Morgan fingerprint density at radius 2 is 2.21 bits per heavy atom. The summed E-state index contributed by atoms with van der Waals surface area (Å²) in [6.07, 6.45) is 4.69. The first-order valence-electron chi connectivity index (χ1n) is 5.38. The smallest absolute Gasteiger partial charge is 0.229 e. The van der Waals surface area contributed by atoms with Crippen LogP contribution >= 0.6 is 11.6 Å². The zero-order chi connectivity index (χ0) is 14.0. The minimum atomic E-state index is -1.19. The Morgan fingerprint density at radius 3 is 2.79 bits per heavy atom. The maximum absolute atomic E-state index is 11.3. The number of rotatable bonds is 4. The minimum Gasteiger partial charge on any atom is -0.372 e. The van der Waals surface area contributed by atoms with Crippen molar-refractivity contribution < 1.29 is 4.21 Å². The average molecular weight is 301 g/mol. The van der Waals surface area contributed by atoms with Crippen LogP contribution in [-0.4, -0.2) is 36.7 Å². The second-order valence-electron chi connectivity index (χ2n) is 3.72. The first kappa shape index (κ1) is 13.8. The molecule has 2 aromatic heterocycles. The van der Waals surface area contributed by atoms with Gasteiger partial charge in [-0.3, -0.25) is 0 Å². The van der Waals surface area contributed by atoms with E-state index in [1.54, 1.807) is 26.4 Å². The van der Waals surface area contributed by atoms with Crippen molar-refractivity contribution in [3.05, 3.63) is 23.1 Å². The van der Waals surface area contributed by atoms with Crippen LogP contribution in [0.4, 0.5) is 17.5 Å². The third-order valence-corrected chi connectivity index (χ3v) is 3.36. The molecule has 0 aliphatic carbocycles. The second kappa shape index (κ2) is 5.54. The maximum atomic E-state index is 11.3. The molecule has 0 saturated carbocycles. The number of hydrogen-bond donors (Lipinski definition) is 2. The molecule has 0 aliphatic heterocycles. The van der Waals surface area contributed by atoms with Gasteiger partial charge in [0.25, 0.3) is 0 Å². The Balaban J connectivity index is 2.28. The molecule has 0 aliphatic rings. The van der Waals surface area contributed by atoms with Gasteiger partial charge in [0.05, 0.1) is 23.8 Å². The first-order chi connectivity index (χ1) is 9.01. The molecule has 19 heavy (non-hydrogen) atoms. The van der Waals surface area contributed by atoms with E-state index in [1.165, 1.54) is 10.3 Å². The van der Waals surface area contributed by atoms with Crippen molar-refractivity contribution >= 4 is 40.0 Å². The molecule has 2 heterocycles. The van der Waals surface area contributed by atoms with Gasteiger partial charge in [0.15, 0.2) is 0 Å². The molecule has 2 rings (SSSR count). The number of aryl methyl sites for hydroxylation is 1. The van der Waals surface area contributed by atoms with Gasteiger partial charge in [-0.1, -0.05) is 11.6 Å². The highest BCUT2D eigenvalue weighted by atomic mass is 35.5. The highest BCUT2D eigenvalue weighted by Crippen LogP contribution is 2.22. The molecule has 0 spiro atoms. The van der Waals surface area contributed by atoms with E-state index in [0.29, 0.717) is 28.2 Å². The predicted octanol–water partition coefficient (Wildman–Crippen LogP) is 1.56. The van der Waals surface area contributed by atoms with E-state index in [0.717, 1.165) is 0 Å². The van der Waals surface area contributed by atoms with E-state index in [-0.39, 0.29) is 0 Å². The van der Waals surface area contributed by atoms with E-state index in [1.807, 2.05) is 0 Å². The van der Waals surface area contributed by atoms with E-state index in [9.17, 15) is 4.21 Å². The summed E-state index contributed by atoms with van der Waals surface area (Å²) in [5.41, 5.74) is 1.40. The predicted molar refractivity (Wildman–Crippen MR) is 76.3 cm³/mol. The van der Waals surface area contributed by atoms with Crippen LogP contribution in [0.2, 0.25) is 5.02 Å². The van der Waals surface area contributed by atoms with Crippen LogP contribution in [0.25, 0.3) is 0 Å². The van der Waals surface area contributed by atoms with Crippen molar-refractivity contribution in [2.75, 3.05) is 23.9 Å². The van der Waals surface area contributed by atoms with E-state index >= 15 is 0 Å². The molecule has 1 unspecified atom stereocenters. The monoisotopic (exact) mass is 300 g/mol. The highest BCUT2D eigenvalue weighted by molar-refractivity contribution is 7.82. The van der Waals surface area contributed by atoms with Gasteiger partial charge in [-0.25, -0.2) is 9.19 Å². The number of nitrogens with one attached hydrogen (secondary N) is 2. The second-order valence-corrected chi connectivity index (χ2v) is 5.35. The van der Waals surface area contributed by atoms with Gasteiger partial charge in [-0.2, -0.15) is 14.2 Å². The third kappa shape index (κ3) is 3.02. The third-order valence-electron chi connectivity index (χ3n) is 2.37. The lowest BCUT2D eigenvalue weighted by Gasteiger charge is -2.06. The van der Waals surface area contributed by atoms with Crippen molar-refractivity contribution in [1.29, 1.82) is 0 Å². The largest absolute Gasteiger partial charge is 0.372 e. The lowest BCUT2D eigenvalue weighted by atomic mass is 10.4. The molecule has 102 valence electrons. The summed E-state index contributed by atoms with van der Waals surface area (Å²) in [4.78, 5) is 8.27. The van der Waals surface area contributed by atoms with Crippen LogP contribution in [0.15, 0.2) is 12.4 Å². The van der Waals surface area contributed by atoms with Crippen LogP contribution in [0.1, 0.15) is 5.69 Å². The summed E-state index contributed by atoms with van der Waals surface area (Å²) >= 11 is 5.90. The van der Waals surface area contributed by atoms with Crippen molar-refractivity contribution in [2.24, 2.45) is 0 Å². The fourth-order valence-corrected chi connectivity index (χ4v) is 2.09. The van der Waals surface area contributed by atoms with E-state index in [4.69, 9.17) is 11.6 Å². The summed E-state index contributed by atoms with van der Waals surface area (Å²) < 4.78 is 12.7. The Kier molecular flexibility index (Phi) is 4.01. The van der Waals surface area contributed by atoms with Crippen LogP contribution in [0.5, 0.6) is 0 Å². The molecule has 2 aromatic rings. The Bertz CT molecular complexity index is 628. The summed E-state index contributed by atoms with van der Waals surface area (Å²) in [6, 6.07) is 0. The molecular weight excluding hydrogens is 288 g/mol. The maximum Gasteiger partial charge on any atom is 0.229 e. The molecule has 0 bridgehead atoms. The summed E-state index contributed by atoms with van der Waals surface area (Å²) in [5, 5.41) is 10.4. The highest BCUT2D eigenvalue weighted by Gasteiger charge is 2.09. The van der Waals surface area contributed by atoms with Crippen LogP contribution in [-0.2, 0) is 11.0 Å². The number of nitrogens with zero attached hydrogens (tertiary/aromatic N) is 4. The zero-order valence-corrected chi connectivity index (χ0v) is 12.2. The van der Waals surface area contributed by atoms with Crippen molar-refractivity contribution in [1.82, 2.24) is 19.2 Å². The molecule has 0 saturated heterocycles. The van der Waals surface area contributed by atoms with Gasteiger partial charge >= 0.3 is 0 Å². The van der Waals surface area contributed by atoms with Crippen LogP contribution < -0.4 is 10.6 Å². The van der Waals surface area contributed by atoms with Crippen molar-refractivity contribution in [3.8, 4) is 0 Å². The molecule has 0 aromatic carbocycles. The molecule has 0 fully saturated rings. The summed E-state index contributed by atoms with van der Waals surface area (Å²) in [7, 11) is 0.529. The fraction of sp³-hybridized carbons (Fsp3) is 0.300. The lowest BCUT2D eigenvalue weighted by molar-refractivity contribution is 0.675. The van der Waals surface area contributed by atoms with Gasteiger partial charge < -0.3 is 10.6 Å². The van der Waals surface area contributed by atoms with Gasteiger partial charge in [-0.15, -0.1) is 0 Å². The Morgan fingerprint density at radius 1 is 1.47 bits per heavy atom. The van der Waals surface area contributed by atoms with Gasteiger partial charge in [-0.05, 0) is 6.92 Å². The molecule has 2 N–H and O–H groups in total. The minimum absolute atomic E-state index is 0.387. The number of anilines is 3. The van der Waals surface area contributed by atoms with Gasteiger partial charge in [0.2, 0.25) is 5.95 Å². The summed E-state index contributed by atoms with van der Waals surface area (Å²) in [5.74, 6) is 0.918. The van der Waals surface area contributed by atoms with E-state index < -0.39 is 11.0 Å². The fourth-order valence-electron chi connectivity index (χ4n) is 1.41. The normalized spacial score (nSPS) is 12.2. The topological polar surface area (TPSA) is 84.7 Å². The van der Waals surface area contributed by atoms with Gasteiger partial charge in [0, 0.05) is 13.3 Å². The van der Waals surface area contributed by atoms with E-state index in [2.05, 4.69) is 25.7 Å². The number of aromatic nitrogens is 4. The zero-order valence-electron chi connectivity index (χ0n) is 10.6. The molecular formula is C10H13ClN6OS. The molecule has 7 nitrogen and oxygen atoms in total. The number of hydrogen-bond acceptors (Lipinski definition) is 6. The van der Waals surface area contributed by atoms with Crippen molar-refractivity contribution in [2.45, 2.75) is 6.92 Å². The Labute approximate surface area is 118 Å². The molecule has 1 atom stereocenters. The average Bonchev–Trinajstić information content (AvgIpc) is 2.73. The Hall–Kier alpha value is -1.67. The number of halogens is 1. The molecule has 0 radical (unpaired) electrons. The van der Waals surface area contributed by atoms with Gasteiger partial charge in [0.1, 0.15) is 21.8 Å². The molecule has 9 heteroatoms. The SMILES string of the molecule is CNc1nc(Nc2cn(S(C)=O)nc2C)ncc1Cl. The molecule has 0 amide bonds. The summed E-state index contributed by atoms with van der Waals surface area (Å²) in [6.45, 7) is 1.81. The quantitative estimate of drug-likeness (QED) is 0.891. The van der Waals surface area contributed by atoms with Crippen LogP contribution in [0, 0.1) is 6.92 Å². The van der Waals surface area contributed by atoms with Crippen molar-refractivity contribution in [3.63, 3.8) is 0 Å². The first-order valence-corrected chi connectivity index (χ1v) is 7.28. The standard InChI is InChI=1S/C10H13ClN6OS/c1-6-8(5-17(16-6)19(3)18)14-10-13-4-7(11)9(12-2)15-10/h4-5H,1-3H3,(H2,12,13,14,15). The lowest BCUT2D eigenvalue weighted by Crippen LogP contribution is -2.02. The van der Waals surface area contributed by atoms with Crippen LogP contribution in [0.3, 0.4) is 0 Å².